The summed E-state index contributed by atoms with van der Waals surface area (Å²) in [5.41, 5.74) is 0.130. The Labute approximate surface area is 219 Å². The Bertz CT molecular complexity index is 1200. The van der Waals surface area contributed by atoms with Crippen LogP contribution in [0.4, 0.5) is 5.82 Å². The number of carbonyl (C=O) groups excluding carboxylic acids is 1. The van der Waals surface area contributed by atoms with Crippen LogP contribution in [0.3, 0.4) is 0 Å². The number of sulfonamides is 1. The SMILES string of the molecule is CC1(C)C[C@H](CCCNc2cccc(S(=O)(=O)NC(=O)c3cc(S(C)(C)C)c(Cl)nc3Cl)n2)CN1. The van der Waals surface area contributed by atoms with E-state index in [0.29, 0.717) is 23.2 Å². The van der Waals surface area contributed by atoms with E-state index in [-0.39, 0.29) is 26.4 Å². The average molecular weight is 563 g/mol. The van der Waals surface area contributed by atoms with Crippen molar-refractivity contribution in [3.05, 3.63) is 40.1 Å². The van der Waals surface area contributed by atoms with Crippen LogP contribution in [0.25, 0.3) is 0 Å². The molecule has 3 N–H and O–H groups in total. The highest BCUT2D eigenvalue weighted by molar-refractivity contribution is 8.32. The van der Waals surface area contributed by atoms with E-state index in [1.165, 1.54) is 12.1 Å². The summed E-state index contributed by atoms with van der Waals surface area (Å²) >= 11 is 12.3. The zero-order valence-electron chi connectivity index (χ0n) is 20.6. The van der Waals surface area contributed by atoms with Gasteiger partial charge >= 0.3 is 0 Å². The second-order valence-electron chi connectivity index (χ2n) is 10.2. The number of rotatable bonds is 9. The van der Waals surface area contributed by atoms with E-state index in [4.69, 9.17) is 23.2 Å². The van der Waals surface area contributed by atoms with Gasteiger partial charge in [-0.25, -0.2) is 24.7 Å². The van der Waals surface area contributed by atoms with Gasteiger partial charge in [0.15, 0.2) is 5.03 Å². The van der Waals surface area contributed by atoms with Crippen LogP contribution >= 0.6 is 33.2 Å². The molecule has 0 spiro atoms. The summed E-state index contributed by atoms with van der Waals surface area (Å²) in [5.74, 6) is 0.170. The molecule has 35 heavy (non-hydrogen) atoms. The zero-order valence-corrected chi connectivity index (χ0v) is 23.8. The van der Waals surface area contributed by atoms with Crippen molar-refractivity contribution in [2.24, 2.45) is 5.92 Å². The Morgan fingerprint density at radius 1 is 1.17 bits per heavy atom. The highest BCUT2D eigenvalue weighted by Crippen LogP contribution is 2.49. The van der Waals surface area contributed by atoms with Crippen molar-refractivity contribution >= 4 is 55.0 Å². The average Bonchev–Trinajstić information content (AvgIpc) is 3.08. The quantitative estimate of drug-likeness (QED) is 0.304. The topological polar surface area (TPSA) is 113 Å². The van der Waals surface area contributed by atoms with Crippen LogP contribution in [0.5, 0.6) is 0 Å². The van der Waals surface area contributed by atoms with E-state index in [0.717, 1.165) is 25.8 Å². The monoisotopic (exact) mass is 561 g/mol. The summed E-state index contributed by atoms with van der Waals surface area (Å²) in [6.45, 7) is 6.11. The van der Waals surface area contributed by atoms with Gasteiger partial charge in [-0.3, -0.25) is 4.79 Å². The molecule has 0 saturated carbocycles. The van der Waals surface area contributed by atoms with Crippen molar-refractivity contribution in [1.82, 2.24) is 20.0 Å². The maximum atomic E-state index is 12.9. The lowest BCUT2D eigenvalue weighted by Gasteiger charge is -2.27. The predicted molar refractivity (Wildman–Crippen MR) is 145 cm³/mol. The molecule has 1 fully saturated rings. The summed E-state index contributed by atoms with van der Waals surface area (Å²) in [5, 5.41) is 6.46. The first-order chi connectivity index (χ1) is 16.2. The number of halogens is 2. The minimum atomic E-state index is -4.23. The van der Waals surface area contributed by atoms with Gasteiger partial charge < -0.3 is 10.6 Å². The Hall–Kier alpha value is -1.59. The summed E-state index contributed by atoms with van der Waals surface area (Å²) in [7, 11) is -5.57. The molecule has 3 heterocycles. The van der Waals surface area contributed by atoms with Gasteiger partial charge in [-0.1, -0.05) is 29.3 Å². The fraction of sp³-hybridized carbons (Fsp3) is 0.522. The van der Waals surface area contributed by atoms with Crippen molar-refractivity contribution in [1.29, 1.82) is 0 Å². The molecule has 2 aromatic heterocycles. The van der Waals surface area contributed by atoms with E-state index in [1.54, 1.807) is 12.1 Å². The molecule has 1 atom stereocenters. The van der Waals surface area contributed by atoms with Gasteiger partial charge in [0, 0.05) is 17.0 Å². The molecule has 8 nitrogen and oxygen atoms in total. The van der Waals surface area contributed by atoms with Gasteiger partial charge in [0.05, 0.1) is 5.56 Å². The van der Waals surface area contributed by atoms with Crippen molar-refractivity contribution in [2.75, 3.05) is 37.2 Å². The number of pyridine rings is 2. The standard InChI is InChI=1S/C23H33Cl2N5O3S2/c1-23(2)13-15(14-27-23)8-7-11-26-18-9-6-10-19(28-18)35(32,33)30-22(31)16-12-17(34(3,4)5)21(25)29-20(16)24/h6,9-10,12,15,27H,7-8,11,13-14H2,1-5H3,(H,26,28)(H,30,31)/t15-/m0/s1. The Kier molecular flexibility index (Phi) is 8.64. The van der Waals surface area contributed by atoms with Crippen LogP contribution < -0.4 is 15.4 Å². The van der Waals surface area contributed by atoms with Crippen LogP contribution in [0, 0.1) is 5.92 Å². The molecule has 0 radical (unpaired) electrons. The fourth-order valence-electron chi connectivity index (χ4n) is 4.03. The molecule has 2 aromatic rings. The van der Waals surface area contributed by atoms with Gasteiger partial charge in [0.2, 0.25) is 0 Å². The molecule has 0 aromatic carbocycles. The maximum Gasteiger partial charge on any atom is 0.281 e. The lowest BCUT2D eigenvalue weighted by atomic mass is 9.94. The van der Waals surface area contributed by atoms with E-state index in [2.05, 4.69) is 34.4 Å². The normalized spacial score (nSPS) is 18.3. The third kappa shape index (κ3) is 7.45. The molecule has 12 heteroatoms. The molecule has 3 rings (SSSR count). The fourth-order valence-corrected chi connectivity index (χ4v) is 7.09. The van der Waals surface area contributed by atoms with Crippen LogP contribution in [0.2, 0.25) is 10.3 Å². The van der Waals surface area contributed by atoms with Gasteiger partial charge in [-0.2, -0.15) is 8.42 Å². The number of hydrogen-bond donors (Lipinski definition) is 3. The van der Waals surface area contributed by atoms with Gasteiger partial charge in [0.25, 0.3) is 15.9 Å². The van der Waals surface area contributed by atoms with Crippen molar-refractivity contribution in [2.45, 2.75) is 48.6 Å². The first-order valence-electron chi connectivity index (χ1n) is 11.3. The number of hydrogen-bond acceptors (Lipinski definition) is 7. The second kappa shape index (κ2) is 10.8. The highest BCUT2D eigenvalue weighted by Gasteiger charge is 2.29. The third-order valence-electron chi connectivity index (χ3n) is 5.79. The van der Waals surface area contributed by atoms with E-state index in [1.807, 2.05) is 23.5 Å². The van der Waals surface area contributed by atoms with Gasteiger partial charge in [-0.15, -0.1) is 0 Å². The largest absolute Gasteiger partial charge is 0.370 e. The molecule has 1 aliphatic heterocycles. The Morgan fingerprint density at radius 3 is 2.51 bits per heavy atom. The molecule has 194 valence electrons. The lowest BCUT2D eigenvalue weighted by molar-refractivity contribution is 0.0981. The molecule has 1 saturated heterocycles. The van der Waals surface area contributed by atoms with Crippen LogP contribution in [0.1, 0.15) is 43.5 Å². The minimum absolute atomic E-state index is 0.0593. The van der Waals surface area contributed by atoms with E-state index in [9.17, 15) is 13.2 Å². The number of nitrogens with one attached hydrogen (secondary N) is 3. The molecular formula is C23H33Cl2N5O3S2. The van der Waals surface area contributed by atoms with Crippen molar-refractivity contribution in [3.8, 4) is 0 Å². The number of anilines is 1. The second-order valence-corrected chi connectivity index (χ2v) is 16.6. The van der Waals surface area contributed by atoms with Crippen LogP contribution in [0.15, 0.2) is 34.2 Å². The lowest BCUT2D eigenvalue weighted by Crippen LogP contribution is -2.31. The minimum Gasteiger partial charge on any atom is -0.370 e. The van der Waals surface area contributed by atoms with Crippen LogP contribution in [-0.4, -0.2) is 61.7 Å². The summed E-state index contributed by atoms with van der Waals surface area (Å²) < 4.78 is 27.8. The highest BCUT2D eigenvalue weighted by atomic mass is 35.5. The third-order valence-corrected chi connectivity index (χ3v) is 9.34. The van der Waals surface area contributed by atoms with E-state index < -0.39 is 26.0 Å². The summed E-state index contributed by atoms with van der Waals surface area (Å²) in [4.78, 5) is 21.7. The molecule has 0 aliphatic carbocycles. The Morgan fingerprint density at radius 2 is 1.89 bits per heavy atom. The number of aromatic nitrogens is 2. The summed E-state index contributed by atoms with van der Waals surface area (Å²) in [6.07, 6.45) is 9.11. The first-order valence-corrected chi connectivity index (χ1v) is 16.4. The van der Waals surface area contributed by atoms with E-state index >= 15 is 0 Å². The molecule has 1 amide bonds. The number of amides is 1. The summed E-state index contributed by atoms with van der Waals surface area (Å²) in [6, 6.07) is 6.11. The van der Waals surface area contributed by atoms with Gasteiger partial charge in [0.1, 0.15) is 16.1 Å². The molecule has 1 aliphatic rings. The number of carbonyl (C=O) groups is 1. The molecular weight excluding hydrogens is 529 g/mol. The van der Waals surface area contributed by atoms with Crippen molar-refractivity contribution < 1.29 is 13.2 Å². The molecule has 0 unspecified atom stereocenters. The van der Waals surface area contributed by atoms with Gasteiger partial charge in [-0.05, 0) is 82.5 Å². The smallest absolute Gasteiger partial charge is 0.281 e. The van der Waals surface area contributed by atoms with Crippen LogP contribution in [-0.2, 0) is 10.0 Å². The zero-order chi connectivity index (χ0) is 26.0. The first kappa shape index (κ1) is 28.0. The number of nitrogens with zero attached hydrogens (tertiary/aromatic N) is 2. The predicted octanol–water partition coefficient (Wildman–Crippen LogP) is 4.54. The Balaban J connectivity index is 1.65. The van der Waals surface area contributed by atoms with Crippen molar-refractivity contribution in [3.63, 3.8) is 0 Å². The molecule has 0 bridgehead atoms. The maximum absolute atomic E-state index is 12.9.